The van der Waals surface area contributed by atoms with Crippen molar-refractivity contribution in [3.8, 4) is 5.75 Å². The zero-order chi connectivity index (χ0) is 27.7. The van der Waals surface area contributed by atoms with E-state index in [0.29, 0.717) is 11.2 Å². The highest BCUT2D eigenvalue weighted by Crippen LogP contribution is 2.48. The third-order valence-electron chi connectivity index (χ3n) is 5.94. The van der Waals surface area contributed by atoms with Crippen molar-refractivity contribution < 1.29 is 33.3 Å². The number of hydrogen-bond acceptors (Lipinski definition) is 11. The van der Waals surface area contributed by atoms with E-state index in [2.05, 4.69) is 20.0 Å². The summed E-state index contributed by atoms with van der Waals surface area (Å²) < 4.78 is 38.2. The van der Waals surface area contributed by atoms with E-state index in [1.807, 2.05) is 0 Å². The topological polar surface area (TPSA) is 176 Å². The molecule has 2 aromatic heterocycles. The molecule has 1 aliphatic rings. The molecule has 1 aliphatic heterocycles. The van der Waals surface area contributed by atoms with E-state index in [1.54, 1.807) is 62.6 Å². The molecule has 0 amide bonds. The predicted octanol–water partition coefficient (Wildman–Crippen LogP) is 2.59. The largest absolute Gasteiger partial charge is 0.459 e. The predicted molar refractivity (Wildman–Crippen MR) is 139 cm³/mol. The first-order chi connectivity index (χ1) is 17.9. The monoisotopic (exact) mass is 570 g/mol. The summed E-state index contributed by atoms with van der Waals surface area (Å²) in [6.07, 6.45) is -2.02. The van der Waals surface area contributed by atoms with Gasteiger partial charge in [0.2, 0.25) is 0 Å². The molecule has 3 aromatic rings. The number of benzene rings is 1. The number of nitrogens with one attached hydrogen (secondary N) is 1. The van der Waals surface area contributed by atoms with Gasteiger partial charge in [0.1, 0.15) is 34.7 Å². The summed E-state index contributed by atoms with van der Waals surface area (Å²) in [6, 6.07) is 7.56. The molecule has 5 N–H and O–H groups in total. The average molecular weight is 571 g/mol. The molecule has 15 heteroatoms. The van der Waals surface area contributed by atoms with Crippen LogP contribution in [0, 0.1) is 0 Å². The van der Waals surface area contributed by atoms with Crippen LogP contribution in [0.25, 0.3) is 11.2 Å². The van der Waals surface area contributed by atoms with Gasteiger partial charge in [0.25, 0.3) is 0 Å². The first kappa shape index (κ1) is 28.7. The van der Waals surface area contributed by atoms with Gasteiger partial charge in [-0.3, -0.25) is 9.09 Å². The fourth-order valence-electron chi connectivity index (χ4n) is 3.98. The summed E-state index contributed by atoms with van der Waals surface area (Å²) in [4.78, 5) is 11.0. The van der Waals surface area contributed by atoms with E-state index in [4.69, 9.17) is 35.9 Å². The number of aromatic nitrogens is 4. The molecule has 1 saturated heterocycles. The Bertz CT molecular complexity index is 1280. The number of aliphatic hydroxyl groups excluding tert-OH is 2. The lowest BCUT2D eigenvalue weighted by Gasteiger charge is -2.28. The van der Waals surface area contributed by atoms with E-state index in [9.17, 15) is 14.8 Å². The van der Waals surface area contributed by atoms with Gasteiger partial charge in [-0.2, -0.15) is 0 Å². The van der Waals surface area contributed by atoms with Crippen molar-refractivity contribution in [2.45, 2.75) is 69.4 Å². The molecule has 13 nitrogen and oxygen atoms in total. The zero-order valence-corrected chi connectivity index (χ0v) is 23.0. The number of para-hydroxylation sites is 1. The molecule has 0 radical (unpaired) electrons. The van der Waals surface area contributed by atoms with E-state index >= 15 is 0 Å². The summed E-state index contributed by atoms with van der Waals surface area (Å²) in [6.45, 7) is 6.32. The number of ether oxygens (including phenoxy) is 2. The van der Waals surface area contributed by atoms with Crippen LogP contribution in [0.5, 0.6) is 5.75 Å². The molecule has 0 saturated carbocycles. The molecule has 0 aliphatic carbocycles. The van der Waals surface area contributed by atoms with Crippen molar-refractivity contribution in [2.24, 2.45) is 0 Å². The first-order valence-corrected chi connectivity index (χ1v) is 13.9. The molecule has 38 heavy (non-hydrogen) atoms. The Labute approximate surface area is 224 Å². The number of nitrogen functional groups attached to an aromatic ring is 1. The molecule has 3 heterocycles. The molecule has 4 rings (SSSR count). The number of hydrogen-bond donors (Lipinski definition) is 4. The minimum atomic E-state index is -4.12. The number of fused-ring (bicyclic) bond motifs is 1. The molecule has 7 atom stereocenters. The SMILES string of the molecule is CC(C)OC(O)[C@@H](C)NP(=O)(OC[C@H]1O[C@@H](n2cnc3c(N)ncnc32)[C@](C)(Cl)[C@@H]1O)Oc1ccccc1. The Hall–Kier alpha value is -2.35. The molecule has 0 bridgehead atoms. The minimum absolute atomic E-state index is 0.186. The molecular formula is C23H32ClN6O7P. The van der Waals surface area contributed by atoms with Crippen LogP contribution in [0.1, 0.15) is 33.9 Å². The second-order valence-electron chi connectivity index (χ2n) is 9.40. The van der Waals surface area contributed by atoms with Gasteiger partial charge in [-0.15, -0.1) is 11.6 Å². The van der Waals surface area contributed by atoms with E-state index < -0.39 is 43.4 Å². The van der Waals surface area contributed by atoms with Gasteiger partial charge in [0.15, 0.2) is 24.0 Å². The highest BCUT2D eigenvalue weighted by atomic mass is 35.5. The number of nitrogens with zero attached hydrogens (tertiary/aromatic N) is 4. The van der Waals surface area contributed by atoms with Crippen molar-refractivity contribution in [2.75, 3.05) is 12.3 Å². The number of nitrogens with two attached hydrogens (primary N) is 1. The van der Waals surface area contributed by atoms with E-state index in [0.717, 1.165) is 0 Å². The minimum Gasteiger partial charge on any atom is -0.413 e. The summed E-state index contributed by atoms with van der Waals surface area (Å²) >= 11 is 6.75. The smallest absolute Gasteiger partial charge is 0.413 e. The summed E-state index contributed by atoms with van der Waals surface area (Å²) in [7, 11) is -4.12. The Morgan fingerprint density at radius 1 is 1.26 bits per heavy atom. The highest BCUT2D eigenvalue weighted by molar-refractivity contribution is 7.52. The highest BCUT2D eigenvalue weighted by Gasteiger charge is 2.54. The van der Waals surface area contributed by atoms with Crippen LogP contribution in [0.4, 0.5) is 5.82 Å². The number of aliphatic hydroxyl groups is 2. The maximum absolute atomic E-state index is 13.8. The standard InChI is InChI=1S/C23H32ClN6O7P/c1-13(2)35-21(32)14(3)29-38(33,37-15-8-6-5-7-9-15)34-10-16-18(31)23(4,24)22(36-16)30-12-28-17-19(25)26-11-27-20(17)30/h5-9,11-14,16,18,21-22,31-32H,10H2,1-4H3,(H,29,33)(H2,25,26,27)/t14-,16-,18-,21?,22-,23-,38?/m1/s1. The lowest BCUT2D eigenvalue weighted by molar-refractivity contribution is -0.138. The maximum Gasteiger partial charge on any atom is 0.459 e. The molecule has 1 fully saturated rings. The lowest BCUT2D eigenvalue weighted by atomic mass is 10.0. The van der Waals surface area contributed by atoms with Crippen LogP contribution < -0.4 is 15.3 Å². The number of imidazole rings is 1. The van der Waals surface area contributed by atoms with E-state index in [-0.39, 0.29) is 24.3 Å². The Morgan fingerprint density at radius 2 is 1.97 bits per heavy atom. The molecule has 0 spiro atoms. The van der Waals surface area contributed by atoms with Gasteiger partial charge in [-0.25, -0.2) is 24.6 Å². The van der Waals surface area contributed by atoms with Gasteiger partial charge < -0.3 is 29.9 Å². The fourth-order valence-corrected chi connectivity index (χ4v) is 5.83. The second-order valence-corrected chi connectivity index (χ2v) is 11.9. The van der Waals surface area contributed by atoms with Gasteiger partial charge in [-0.05, 0) is 39.8 Å². The Morgan fingerprint density at radius 3 is 2.66 bits per heavy atom. The third-order valence-corrected chi connectivity index (χ3v) is 8.01. The maximum atomic E-state index is 13.8. The number of anilines is 1. The van der Waals surface area contributed by atoms with Gasteiger partial charge in [-0.1, -0.05) is 18.2 Å². The molecule has 1 aromatic carbocycles. The van der Waals surface area contributed by atoms with Crippen LogP contribution in [0.2, 0.25) is 0 Å². The molecule has 208 valence electrons. The number of alkyl halides is 1. The van der Waals surface area contributed by atoms with Crippen LogP contribution >= 0.6 is 19.3 Å². The van der Waals surface area contributed by atoms with Gasteiger partial charge >= 0.3 is 7.75 Å². The number of halogens is 1. The lowest BCUT2D eigenvalue weighted by Crippen LogP contribution is -2.41. The first-order valence-electron chi connectivity index (χ1n) is 12.0. The van der Waals surface area contributed by atoms with Gasteiger partial charge in [0.05, 0.1) is 25.1 Å². The molecule has 2 unspecified atom stereocenters. The Balaban J connectivity index is 1.53. The summed E-state index contributed by atoms with van der Waals surface area (Å²) in [5, 5.41) is 24.1. The summed E-state index contributed by atoms with van der Waals surface area (Å²) in [5.41, 5.74) is 6.62. The van der Waals surface area contributed by atoms with Crippen LogP contribution in [0.3, 0.4) is 0 Å². The molecular weight excluding hydrogens is 539 g/mol. The van der Waals surface area contributed by atoms with E-state index in [1.165, 1.54) is 12.7 Å². The third kappa shape index (κ3) is 6.11. The van der Waals surface area contributed by atoms with Crippen molar-refractivity contribution in [3.63, 3.8) is 0 Å². The van der Waals surface area contributed by atoms with Crippen LogP contribution in [0.15, 0.2) is 43.0 Å². The fraction of sp³-hybridized carbons (Fsp3) is 0.522. The van der Waals surface area contributed by atoms with Gasteiger partial charge in [0, 0.05) is 0 Å². The summed E-state index contributed by atoms with van der Waals surface area (Å²) in [5.74, 6) is 0.455. The van der Waals surface area contributed by atoms with Crippen molar-refractivity contribution >= 4 is 36.3 Å². The van der Waals surface area contributed by atoms with Crippen LogP contribution in [-0.4, -0.2) is 71.9 Å². The number of rotatable bonds is 11. The average Bonchev–Trinajstić information content (AvgIpc) is 3.37. The quantitative estimate of drug-likeness (QED) is 0.151. The Kier molecular flexibility index (Phi) is 8.60. The zero-order valence-electron chi connectivity index (χ0n) is 21.3. The van der Waals surface area contributed by atoms with Crippen molar-refractivity contribution in [1.29, 1.82) is 0 Å². The van der Waals surface area contributed by atoms with Crippen molar-refractivity contribution in [1.82, 2.24) is 24.6 Å². The normalized spacial score (nSPS) is 26.9. The van der Waals surface area contributed by atoms with Crippen LogP contribution in [-0.2, 0) is 18.6 Å². The van der Waals surface area contributed by atoms with Crippen molar-refractivity contribution in [3.05, 3.63) is 43.0 Å². The second kappa shape index (κ2) is 11.4.